The summed E-state index contributed by atoms with van der Waals surface area (Å²) in [6.07, 6.45) is 5.56. The van der Waals surface area contributed by atoms with E-state index >= 15 is 0 Å². The van der Waals surface area contributed by atoms with E-state index < -0.39 is 11.9 Å². The van der Waals surface area contributed by atoms with Gasteiger partial charge in [-0.2, -0.15) is 0 Å². The Kier molecular flexibility index (Phi) is 11.7. The summed E-state index contributed by atoms with van der Waals surface area (Å²) in [5.41, 5.74) is 1.48. The molecule has 0 unspecified atom stereocenters. The van der Waals surface area contributed by atoms with E-state index in [4.69, 9.17) is 9.47 Å². The van der Waals surface area contributed by atoms with Crippen molar-refractivity contribution >= 4 is 51.9 Å². The number of anilines is 1. The zero-order valence-corrected chi connectivity index (χ0v) is 26.3. The summed E-state index contributed by atoms with van der Waals surface area (Å²) in [5.74, 6) is -1.01. The van der Waals surface area contributed by atoms with Crippen molar-refractivity contribution in [2.45, 2.75) is 77.0 Å². The van der Waals surface area contributed by atoms with Gasteiger partial charge in [0.05, 0.1) is 37.5 Å². The topological polar surface area (TPSA) is 142 Å². The number of ether oxygens (including phenoxy) is 2. The molecule has 1 aromatic carbocycles. The van der Waals surface area contributed by atoms with Crippen LogP contribution in [0.25, 0.3) is 0 Å². The van der Waals surface area contributed by atoms with Crippen LogP contribution >= 0.6 is 23.1 Å². The first kappa shape index (κ1) is 32.2. The van der Waals surface area contributed by atoms with Gasteiger partial charge in [0.15, 0.2) is 11.0 Å². The molecular weight excluding hydrogens is 590 g/mol. The lowest BCUT2D eigenvalue weighted by Crippen LogP contribution is -2.27. The Hall–Kier alpha value is -3.71. The van der Waals surface area contributed by atoms with Crippen LogP contribution in [0.5, 0.6) is 0 Å². The number of carbonyl (C=O) groups excluding carboxylic acids is 4. The quantitative estimate of drug-likeness (QED) is 0.196. The molecule has 1 fully saturated rings. The number of nitrogens with one attached hydrogen (secondary N) is 2. The Morgan fingerprint density at radius 2 is 1.67 bits per heavy atom. The molecule has 2 aromatic heterocycles. The number of nitrogens with zero attached hydrogens (tertiary/aromatic N) is 3. The lowest BCUT2D eigenvalue weighted by molar-refractivity contribution is -0.120. The number of thiophene rings is 1. The molecule has 2 heterocycles. The molecule has 11 nitrogen and oxygen atoms in total. The second-order valence-electron chi connectivity index (χ2n) is 10.0. The molecule has 0 atom stereocenters. The molecule has 1 aliphatic rings. The highest BCUT2D eigenvalue weighted by Gasteiger charge is 2.28. The lowest BCUT2D eigenvalue weighted by Gasteiger charge is -2.25. The number of esters is 2. The predicted molar refractivity (Wildman–Crippen MR) is 164 cm³/mol. The fraction of sp³-hybridized carbons (Fsp3) is 0.467. The number of amides is 2. The summed E-state index contributed by atoms with van der Waals surface area (Å²) >= 11 is 2.23. The molecule has 43 heavy (non-hydrogen) atoms. The van der Waals surface area contributed by atoms with Crippen LogP contribution in [-0.4, -0.2) is 57.5 Å². The van der Waals surface area contributed by atoms with Crippen LogP contribution < -0.4 is 10.6 Å². The summed E-state index contributed by atoms with van der Waals surface area (Å²) in [5, 5.41) is 15.3. The molecule has 1 aliphatic carbocycles. The van der Waals surface area contributed by atoms with Gasteiger partial charge < -0.3 is 24.7 Å². The second-order valence-corrected chi connectivity index (χ2v) is 12.0. The Morgan fingerprint density at radius 1 is 0.977 bits per heavy atom. The SMILES string of the molecule is CCOC(=O)c1sc(NC(=O)CSc2nnc(CNC(=O)Cc3ccccc3)n2C2CCCCC2)c(C(=O)OCC)c1C. The molecule has 13 heteroatoms. The van der Waals surface area contributed by atoms with Gasteiger partial charge in [0.2, 0.25) is 11.8 Å². The Morgan fingerprint density at radius 3 is 2.37 bits per heavy atom. The lowest BCUT2D eigenvalue weighted by atomic mass is 9.95. The standard InChI is InChI=1S/C30H37N5O6S2/c1-4-40-28(38)25-19(3)26(29(39)41-5-2)43-27(25)32-24(37)18-42-30-34-33-22(35(30)21-14-10-7-11-15-21)17-31-23(36)16-20-12-8-6-9-13-20/h6,8-9,12-13,21H,4-5,7,10-11,14-18H2,1-3H3,(H,31,36)(H,32,37). The summed E-state index contributed by atoms with van der Waals surface area (Å²) in [6.45, 7) is 5.58. The van der Waals surface area contributed by atoms with Gasteiger partial charge in [0.1, 0.15) is 9.88 Å². The van der Waals surface area contributed by atoms with E-state index in [1.165, 1.54) is 18.2 Å². The Balaban J connectivity index is 1.46. The van der Waals surface area contributed by atoms with Crippen LogP contribution in [0.2, 0.25) is 0 Å². The normalized spacial score (nSPS) is 13.4. The van der Waals surface area contributed by atoms with E-state index in [0.717, 1.165) is 42.6 Å². The summed E-state index contributed by atoms with van der Waals surface area (Å²) < 4.78 is 12.4. The molecule has 0 bridgehead atoms. The molecule has 4 rings (SSSR count). The first-order valence-electron chi connectivity index (χ1n) is 14.5. The van der Waals surface area contributed by atoms with Gasteiger partial charge in [0, 0.05) is 6.04 Å². The average molecular weight is 628 g/mol. The van der Waals surface area contributed by atoms with E-state index in [0.29, 0.717) is 16.5 Å². The van der Waals surface area contributed by atoms with Gasteiger partial charge in [-0.15, -0.1) is 21.5 Å². The molecule has 2 N–H and O–H groups in total. The average Bonchev–Trinajstić information content (AvgIpc) is 3.56. The highest BCUT2D eigenvalue weighted by molar-refractivity contribution is 7.99. The minimum Gasteiger partial charge on any atom is -0.462 e. The molecule has 3 aromatic rings. The van der Waals surface area contributed by atoms with Crippen molar-refractivity contribution in [3.8, 4) is 0 Å². The fourth-order valence-corrected chi connectivity index (χ4v) is 6.92. The molecular formula is C30H37N5O6S2. The number of thioether (sulfide) groups is 1. The number of carbonyl (C=O) groups is 4. The van der Waals surface area contributed by atoms with Gasteiger partial charge in [-0.05, 0) is 44.7 Å². The second kappa shape index (κ2) is 15.7. The van der Waals surface area contributed by atoms with Crippen molar-refractivity contribution < 1.29 is 28.7 Å². The van der Waals surface area contributed by atoms with Crippen LogP contribution in [-0.2, 0) is 32.0 Å². The monoisotopic (exact) mass is 627 g/mol. The Labute approximate surface area is 259 Å². The zero-order valence-electron chi connectivity index (χ0n) is 24.6. The van der Waals surface area contributed by atoms with E-state index in [1.54, 1.807) is 20.8 Å². The van der Waals surface area contributed by atoms with Gasteiger partial charge in [0.25, 0.3) is 0 Å². The molecule has 0 saturated heterocycles. The first-order chi connectivity index (χ1) is 20.8. The van der Waals surface area contributed by atoms with Crippen LogP contribution in [0.15, 0.2) is 35.5 Å². The first-order valence-corrected chi connectivity index (χ1v) is 16.3. The smallest absolute Gasteiger partial charge is 0.348 e. The van der Waals surface area contributed by atoms with Gasteiger partial charge in [-0.3, -0.25) is 9.59 Å². The van der Waals surface area contributed by atoms with Gasteiger partial charge in [-0.1, -0.05) is 61.4 Å². The van der Waals surface area contributed by atoms with Crippen molar-refractivity contribution in [1.29, 1.82) is 0 Å². The molecule has 0 aliphatic heterocycles. The highest BCUT2D eigenvalue weighted by atomic mass is 32.2. The van der Waals surface area contributed by atoms with Gasteiger partial charge >= 0.3 is 11.9 Å². The summed E-state index contributed by atoms with van der Waals surface area (Å²) in [7, 11) is 0. The zero-order chi connectivity index (χ0) is 30.8. The largest absolute Gasteiger partial charge is 0.462 e. The van der Waals surface area contributed by atoms with Crippen LogP contribution in [0.3, 0.4) is 0 Å². The third-order valence-electron chi connectivity index (χ3n) is 7.00. The maximum Gasteiger partial charge on any atom is 0.348 e. The summed E-state index contributed by atoms with van der Waals surface area (Å²) in [6, 6.07) is 9.72. The number of aromatic nitrogens is 3. The summed E-state index contributed by atoms with van der Waals surface area (Å²) in [4.78, 5) is 51.1. The minimum absolute atomic E-state index is 0.000821. The van der Waals surface area contributed by atoms with E-state index in [1.807, 2.05) is 30.3 Å². The fourth-order valence-electron chi connectivity index (χ4n) is 4.99. The van der Waals surface area contributed by atoms with Crippen molar-refractivity contribution in [2.24, 2.45) is 0 Å². The van der Waals surface area contributed by atoms with Crippen molar-refractivity contribution in [2.75, 3.05) is 24.3 Å². The predicted octanol–water partition coefficient (Wildman–Crippen LogP) is 5.10. The van der Waals surface area contributed by atoms with Crippen LogP contribution in [0.1, 0.15) is 89.0 Å². The van der Waals surface area contributed by atoms with E-state index in [9.17, 15) is 19.2 Å². The van der Waals surface area contributed by atoms with Crippen molar-refractivity contribution in [1.82, 2.24) is 20.1 Å². The molecule has 230 valence electrons. The van der Waals surface area contributed by atoms with Crippen molar-refractivity contribution in [3.05, 3.63) is 57.7 Å². The molecule has 2 amide bonds. The minimum atomic E-state index is -0.620. The maximum atomic E-state index is 13.1. The number of hydrogen-bond acceptors (Lipinski definition) is 10. The molecule has 0 spiro atoms. The van der Waals surface area contributed by atoms with Crippen LogP contribution in [0, 0.1) is 6.92 Å². The number of rotatable bonds is 13. The van der Waals surface area contributed by atoms with E-state index in [2.05, 4.69) is 25.4 Å². The third kappa shape index (κ3) is 8.44. The molecule has 0 radical (unpaired) electrons. The van der Waals surface area contributed by atoms with Crippen molar-refractivity contribution in [3.63, 3.8) is 0 Å². The van der Waals surface area contributed by atoms with Crippen LogP contribution in [0.4, 0.5) is 5.00 Å². The number of hydrogen-bond donors (Lipinski definition) is 2. The number of benzene rings is 1. The maximum absolute atomic E-state index is 13.1. The highest BCUT2D eigenvalue weighted by Crippen LogP contribution is 2.35. The molecule has 1 saturated carbocycles. The van der Waals surface area contributed by atoms with Gasteiger partial charge in [-0.25, -0.2) is 9.59 Å². The third-order valence-corrected chi connectivity index (χ3v) is 9.13. The Bertz CT molecular complexity index is 1430. The van der Waals surface area contributed by atoms with E-state index in [-0.39, 0.29) is 65.2 Å².